The summed E-state index contributed by atoms with van der Waals surface area (Å²) in [5, 5.41) is 16.0. The number of nitrogens with zero attached hydrogens (tertiary/aromatic N) is 2. The third-order valence-electron chi connectivity index (χ3n) is 3.09. The minimum Gasteiger partial charge on any atom is -0.490 e. The zero-order valence-electron chi connectivity index (χ0n) is 13.9. The molecule has 0 saturated carbocycles. The summed E-state index contributed by atoms with van der Waals surface area (Å²) in [7, 11) is 0. The number of hydrogen-bond acceptors (Lipinski definition) is 6. The molecule has 2 aromatic rings. The summed E-state index contributed by atoms with van der Waals surface area (Å²) in [6.45, 7) is 4.21. The second-order valence-electron chi connectivity index (χ2n) is 4.87. The predicted molar refractivity (Wildman–Crippen MR) is 98.1 cm³/mol. The summed E-state index contributed by atoms with van der Waals surface area (Å²) in [6.07, 6.45) is 1.47. The molecule has 0 aliphatic heterocycles. The van der Waals surface area contributed by atoms with Crippen LogP contribution in [0.25, 0.3) is 0 Å². The molecule has 0 heterocycles. The van der Waals surface area contributed by atoms with Crippen LogP contribution in [0.4, 0.5) is 11.4 Å². The van der Waals surface area contributed by atoms with Crippen LogP contribution in [0.3, 0.4) is 0 Å². The van der Waals surface area contributed by atoms with E-state index in [-0.39, 0.29) is 11.4 Å². The third kappa shape index (κ3) is 5.09. The van der Waals surface area contributed by atoms with Gasteiger partial charge < -0.3 is 9.47 Å². The number of hydrogen-bond donors (Lipinski definition) is 1. The normalized spacial score (nSPS) is 10.7. The monoisotopic (exact) mass is 363 g/mol. The first-order chi connectivity index (χ1) is 12.0. The Balaban J connectivity index is 2.28. The molecule has 0 radical (unpaired) electrons. The molecule has 25 heavy (non-hydrogen) atoms. The summed E-state index contributed by atoms with van der Waals surface area (Å²) in [6, 6.07) is 10.0. The van der Waals surface area contributed by atoms with E-state index < -0.39 is 4.92 Å². The lowest BCUT2D eigenvalue weighted by atomic mass is 10.2. The first-order valence-electron chi connectivity index (χ1n) is 7.67. The first-order valence-corrected chi connectivity index (χ1v) is 8.05. The lowest BCUT2D eigenvalue weighted by molar-refractivity contribution is -0.385. The Morgan fingerprint density at radius 1 is 1.20 bits per heavy atom. The van der Waals surface area contributed by atoms with Gasteiger partial charge in [0.1, 0.15) is 0 Å². The average molecular weight is 364 g/mol. The largest absolute Gasteiger partial charge is 0.490 e. The Morgan fingerprint density at radius 3 is 2.48 bits per heavy atom. The molecule has 0 unspecified atom stereocenters. The number of benzene rings is 2. The number of nitrogens with one attached hydrogen (secondary N) is 1. The van der Waals surface area contributed by atoms with Gasteiger partial charge in [-0.25, -0.2) is 0 Å². The number of nitro groups is 1. The minimum absolute atomic E-state index is 0.122. The summed E-state index contributed by atoms with van der Waals surface area (Å²) < 4.78 is 10.9. The fourth-order valence-electron chi connectivity index (χ4n) is 2.08. The molecule has 2 aromatic carbocycles. The van der Waals surface area contributed by atoms with Crippen LogP contribution in [0.15, 0.2) is 41.5 Å². The summed E-state index contributed by atoms with van der Waals surface area (Å²) in [4.78, 5) is 10.8. The zero-order valence-corrected chi connectivity index (χ0v) is 14.6. The van der Waals surface area contributed by atoms with Crippen LogP contribution in [-0.2, 0) is 0 Å². The molecule has 0 bridgehead atoms. The van der Waals surface area contributed by atoms with Crippen molar-refractivity contribution < 1.29 is 14.4 Å². The summed E-state index contributed by atoms with van der Waals surface area (Å²) in [5.74, 6) is 0.434. The quantitative estimate of drug-likeness (QED) is 0.424. The highest BCUT2D eigenvalue weighted by atomic mass is 35.5. The Hall–Kier alpha value is -2.80. The molecule has 0 spiro atoms. The van der Waals surface area contributed by atoms with Gasteiger partial charge in [0.25, 0.3) is 0 Å². The highest BCUT2D eigenvalue weighted by Gasteiger charge is 2.22. The van der Waals surface area contributed by atoms with Gasteiger partial charge in [0.2, 0.25) is 5.75 Å². The topological polar surface area (TPSA) is 86.0 Å². The average Bonchev–Trinajstić information content (AvgIpc) is 2.58. The highest BCUT2D eigenvalue weighted by Crippen LogP contribution is 2.38. The van der Waals surface area contributed by atoms with Crippen molar-refractivity contribution in [2.75, 3.05) is 18.6 Å². The van der Waals surface area contributed by atoms with Crippen LogP contribution in [0.2, 0.25) is 5.02 Å². The lowest BCUT2D eigenvalue weighted by Crippen LogP contribution is -2.03. The molecule has 7 nitrogen and oxygen atoms in total. The number of halogens is 1. The molecule has 0 aliphatic carbocycles. The van der Waals surface area contributed by atoms with Gasteiger partial charge >= 0.3 is 5.69 Å². The van der Waals surface area contributed by atoms with Crippen molar-refractivity contribution in [3.8, 4) is 11.5 Å². The molecular formula is C17H18ClN3O4. The van der Waals surface area contributed by atoms with Crippen molar-refractivity contribution in [3.05, 3.63) is 57.1 Å². The molecule has 0 fully saturated rings. The van der Waals surface area contributed by atoms with Gasteiger partial charge in [0.15, 0.2) is 5.75 Å². The minimum atomic E-state index is -0.503. The smallest absolute Gasteiger partial charge is 0.315 e. The van der Waals surface area contributed by atoms with Crippen molar-refractivity contribution in [2.24, 2.45) is 5.10 Å². The van der Waals surface area contributed by atoms with Gasteiger partial charge in [-0.3, -0.25) is 15.5 Å². The van der Waals surface area contributed by atoms with Crippen molar-refractivity contribution in [1.29, 1.82) is 0 Å². The number of nitro benzene ring substituents is 1. The van der Waals surface area contributed by atoms with Crippen LogP contribution < -0.4 is 14.9 Å². The Kier molecular flexibility index (Phi) is 6.59. The molecule has 0 aromatic heterocycles. The van der Waals surface area contributed by atoms with E-state index in [1.807, 2.05) is 0 Å². The maximum Gasteiger partial charge on any atom is 0.315 e. The van der Waals surface area contributed by atoms with Crippen molar-refractivity contribution in [1.82, 2.24) is 0 Å². The van der Waals surface area contributed by atoms with Crippen LogP contribution in [0.1, 0.15) is 19.4 Å². The standard InChI is InChI=1S/C17H18ClN3O4/c1-3-24-16-10-12(9-15(21(22)23)17(16)25-4-2)11-19-20-14-7-5-13(18)6-8-14/h5-11,20H,3-4H2,1-2H3. The maximum absolute atomic E-state index is 11.3. The fourth-order valence-corrected chi connectivity index (χ4v) is 2.20. The van der Waals surface area contributed by atoms with E-state index in [9.17, 15) is 10.1 Å². The third-order valence-corrected chi connectivity index (χ3v) is 3.35. The summed E-state index contributed by atoms with van der Waals surface area (Å²) in [5.41, 5.74) is 3.92. The molecule has 0 amide bonds. The van der Waals surface area contributed by atoms with E-state index in [1.165, 1.54) is 12.3 Å². The van der Waals surface area contributed by atoms with E-state index >= 15 is 0 Å². The van der Waals surface area contributed by atoms with Crippen LogP contribution >= 0.6 is 11.6 Å². The van der Waals surface area contributed by atoms with Crippen molar-refractivity contribution in [3.63, 3.8) is 0 Å². The van der Waals surface area contributed by atoms with Gasteiger partial charge in [0.05, 0.1) is 30.0 Å². The second-order valence-corrected chi connectivity index (χ2v) is 5.30. The number of hydrazone groups is 1. The lowest BCUT2D eigenvalue weighted by Gasteiger charge is -2.11. The molecule has 0 atom stereocenters. The fraction of sp³-hybridized carbons (Fsp3) is 0.235. The molecule has 0 saturated heterocycles. The zero-order chi connectivity index (χ0) is 18.2. The van der Waals surface area contributed by atoms with Gasteiger partial charge in [-0.1, -0.05) is 11.6 Å². The number of anilines is 1. The van der Waals surface area contributed by atoms with E-state index in [4.69, 9.17) is 21.1 Å². The van der Waals surface area contributed by atoms with E-state index in [0.717, 1.165) is 5.69 Å². The predicted octanol–water partition coefficient (Wildman–Crippen LogP) is 4.49. The molecular weight excluding hydrogens is 346 g/mol. The molecule has 1 N–H and O–H groups in total. The van der Waals surface area contributed by atoms with E-state index in [2.05, 4.69) is 10.5 Å². The Bertz CT molecular complexity index is 763. The van der Waals surface area contributed by atoms with E-state index in [0.29, 0.717) is 29.5 Å². The summed E-state index contributed by atoms with van der Waals surface area (Å²) >= 11 is 5.82. The van der Waals surface area contributed by atoms with Crippen LogP contribution in [0, 0.1) is 10.1 Å². The van der Waals surface area contributed by atoms with Crippen molar-refractivity contribution >= 4 is 29.2 Å². The molecule has 132 valence electrons. The Labute approximate surface area is 150 Å². The molecule has 0 aliphatic rings. The van der Waals surface area contributed by atoms with Crippen molar-refractivity contribution in [2.45, 2.75) is 13.8 Å². The maximum atomic E-state index is 11.3. The van der Waals surface area contributed by atoms with E-state index in [1.54, 1.807) is 44.2 Å². The second kappa shape index (κ2) is 8.89. The number of rotatable bonds is 8. The SMILES string of the molecule is CCOc1cc(C=NNc2ccc(Cl)cc2)cc([N+](=O)[O-])c1OCC. The van der Waals surface area contributed by atoms with Crippen LogP contribution in [0.5, 0.6) is 11.5 Å². The van der Waals surface area contributed by atoms with Gasteiger partial charge in [-0.2, -0.15) is 5.10 Å². The molecule has 8 heteroatoms. The van der Waals surface area contributed by atoms with Crippen LogP contribution in [-0.4, -0.2) is 24.4 Å². The first kappa shape index (κ1) is 18.5. The Morgan fingerprint density at radius 2 is 1.88 bits per heavy atom. The van der Waals surface area contributed by atoms with Gasteiger partial charge in [-0.05, 0) is 44.2 Å². The number of ether oxygens (including phenoxy) is 2. The highest BCUT2D eigenvalue weighted by molar-refractivity contribution is 6.30. The van der Waals surface area contributed by atoms with Gasteiger partial charge in [0, 0.05) is 16.7 Å². The molecule has 2 rings (SSSR count). The van der Waals surface area contributed by atoms with Gasteiger partial charge in [-0.15, -0.1) is 0 Å².